The summed E-state index contributed by atoms with van der Waals surface area (Å²) in [5.41, 5.74) is 1.02. The number of piperidine rings is 1. The molecule has 1 aliphatic heterocycles. The van der Waals surface area contributed by atoms with E-state index in [0.717, 1.165) is 19.3 Å². The van der Waals surface area contributed by atoms with Gasteiger partial charge in [-0.2, -0.15) is 10.2 Å². The van der Waals surface area contributed by atoms with Gasteiger partial charge in [0, 0.05) is 26.6 Å². The zero-order chi connectivity index (χ0) is 20.3. The minimum absolute atomic E-state index is 0.0614. The number of amides is 2. The number of hydrogen-bond acceptors (Lipinski definition) is 6. The Balaban J connectivity index is 1.64. The molecule has 0 bridgehead atoms. The van der Waals surface area contributed by atoms with Crippen LogP contribution in [-0.4, -0.2) is 54.3 Å². The Labute approximate surface area is 161 Å². The van der Waals surface area contributed by atoms with Crippen LogP contribution in [0.1, 0.15) is 41.9 Å². The molecule has 2 amide bonds. The Morgan fingerprint density at radius 1 is 1.21 bits per heavy atom. The van der Waals surface area contributed by atoms with E-state index in [1.807, 2.05) is 0 Å². The smallest absolute Gasteiger partial charge is 0.309 e. The number of carbonyl (C=O) groups is 2. The molecular formula is C17H23N7O4. The zero-order valence-electron chi connectivity index (χ0n) is 15.9. The van der Waals surface area contributed by atoms with Gasteiger partial charge in [0.15, 0.2) is 0 Å². The normalized spacial score (nSPS) is 14.1. The first-order chi connectivity index (χ1) is 13.4. The van der Waals surface area contributed by atoms with Crippen LogP contribution in [0.25, 0.3) is 0 Å². The first-order valence-electron chi connectivity index (χ1n) is 9.16. The molecule has 0 atom stereocenters. The number of nitrogens with one attached hydrogen (secondary N) is 1. The van der Waals surface area contributed by atoms with Gasteiger partial charge in [0.1, 0.15) is 17.6 Å². The second-order valence-corrected chi connectivity index (χ2v) is 6.78. The Kier molecular flexibility index (Phi) is 5.71. The monoisotopic (exact) mass is 389 g/mol. The predicted octanol–water partition coefficient (Wildman–Crippen LogP) is 1.49. The van der Waals surface area contributed by atoms with Crippen LogP contribution in [0, 0.1) is 17.0 Å². The molecule has 1 saturated heterocycles. The van der Waals surface area contributed by atoms with Crippen molar-refractivity contribution in [1.29, 1.82) is 0 Å². The molecule has 0 aliphatic carbocycles. The van der Waals surface area contributed by atoms with Crippen LogP contribution >= 0.6 is 0 Å². The van der Waals surface area contributed by atoms with Crippen molar-refractivity contribution in [2.45, 2.75) is 39.2 Å². The van der Waals surface area contributed by atoms with E-state index in [0.29, 0.717) is 30.2 Å². The van der Waals surface area contributed by atoms with Gasteiger partial charge in [-0.3, -0.25) is 29.1 Å². The third-order valence-electron chi connectivity index (χ3n) is 4.88. The van der Waals surface area contributed by atoms with Crippen LogP contribution in [0.5, 0.6) is 0 Å². The van der Waals surface area contributed by atoms with Crippen molar-refractivity contribution in [2.75, 3.05) is 18.4 Å². The van der Waals surface area contributed by atoms with Crippen LogP contribution in [-0.2, 0) is 18.4 Å². The number of aryl methyl sites for hydroxylation is 2. The van der Waals surface area contributed by atoms with Crippen LogP contribution in [0.2, 0.25) is 0 Å². The van der Waals surface area contributed by atoms with E-state index in [-0.39, 0.29) is 30.5 Å². The Morgan fingerprint density at radius 3 is 2.57 bits per heavy atom. The topological polar surface area (TPSA) is 128 Å². The van der Waals surface area contributed by atoms with E-state index in [1.54, 1.807) is 18.9 Å². The van der Waals surface area contributed by atoms with Gasteiger partial charge in [0.05, 0.1) is 23.4 Å². The number of nitrogens with zero attached hydrogens (tertiary/aromatic N) is 6. The van der Waals surface area contributed by atoms with Gasteiger partial charge in [-0.25, -0.2) is 0 Å². The minimum atomic E-state index is -0.507. The predicted molar refractivity (Wildman–Crippen MR) is 99.8 cm³/mol. The Bertz CT molecular complexity index is 895. The number of anilines is 1. The van der Waals surface area contributed by atoms with E-state index in [1.165, 1.54) is 21.8 Å². The molecule has 0 radical (unpaired) electrons. The van der Waals surface area contributed by atoms with Gasteiger partial charge in [0.25, 0.3) is 5.91 Å². The quantitative estimate of drug-likeness (QED) is 0.589. The van der Waals surface area contributed by atoms with Gasteiger partial charge < -0.3 is 10.2 Å². The Hall–Kier alpha value is -3.24. The lowest BCUT2D eigenvalue weighted by atomic mass is 10.1. The third-order valence-corrected chi connectivity index (χ3v) is 4.88. The summed E-state index contributed by atoms with van der Waals surface area (Å²) in [5, 5.41) is 21.6. The maximum atomic E-state index is 12.8. The molecule has 3 heterocycles. The second-order valence-electron chi connectivity index (χ2n) is 6.78. The average molecular weight is 389 g/mol. The molecular weight excluding hydrogens is 366 g/mol. The molecule has 1 fully saturated rings. The van der Waals surface area contributed by atoms with Crippen molar-refractivity contribution in [3.8, 4) is 0 Å². The Morgan fingerprint density at radius 2 is 1.93 bits per heavy atom. The first kappa shape index (κ1) is 19.5. The van der Waals surface area contributed by atoms with Crippen LogP contribution in [0.3, 0.4) is 0 Å². The summed E-state index contributed by atoms with van der Waals surface area (Å²) in [7, 11) is 1.67. The van der Waals surface area contributed by atoms with E-state index >= 15 is 0 Å². The van der Waals surface area contributed by atoms with E-state index in [9.17, 15) is 19.7 Å². The average Bonchev–Trinajstić information content (AvgIpc) is 3.22. The molecule has 150 valence electrons. The van der Waals surface area contributed by atoms with Crippen LogP contribution in [0.15, 0.2) is 12.4 Å². The highest BCUT2D eigenvalue weighted by Crippen LogP contribution is 2.20. The fourth-order valence-electron chi connectivity index (χ4n) is 3.29. The molecule has 11 heteroatoms. The van der Waals surface area contributed by atoms with Crippen molar-refractivity contribution in [1.82, 2.24) is 24.5 Å². The lowest BCUT2D eigenvalue weighted by Crippen LogP contribution is -2.37. The molecule has 3 rings (SSSR count). The lowest BCUT2D eigenvalue weighted by molar-refractivity contribution is -0.385. The molecule has 2 aromatic rings. The van der Waals surface area contributed by atoms with Gasteiger partial charge in [0.2, 0.25) is 5.91 Å². The van der Waals surface area contributed by atoms with Crippen molar-refractivity contribution in [3.05, 3.63) is 33.9 Å². The fraction of sp³-hybridized carbons (Fsp3) is 0.529. The number of likely N-dealkylation sites (tertiary alicyclic amines) is 1. The highest BCUT2D eigenvalue weighted by molar-refractivity contribution is 6.02. The standard InChI is InChI=1S/C17H23N7O4/c1-12-14(24(27)28)11-19-23(12)9-6-15(25)20-13-10-18-21(2)16(13)17(26)22-7-4-3-5-8-22/h10-11H,3-9H2,1-2H3,(H,20,25). The molecule has 0 spiro atoms. The molecule has 0 saturated carbocycles. The number of nitro groups is 1. The summed E-state index contributed by atoms with van der Waals surface area (Å²) in [4.78, 5) is 37.3. The van der Waals surface area contributed by atoms with Gasteiger partial charge in [-0.15, -0.1) is 0 Å². The molecule has 1 N–H and O–H groups in total. The summed E-state index contributed by atoms with van der Waals surface area (Å²) in [6, 6.07) is 0. The molecule has 1 aliphatic rings. The molecule has 2 aromatic heterocycles. The van der Waals surface area contributed by atoms with E-state index in [2.05, 4.69) is 15.5 Å². The molecule has 28 heavy (non-hydrogen) atoms. The van der Waals surface area contributed by atoms with Crippen molar-refractivity contribution in [3.63, 3.8) is 0 Å². The largest absolute Gasteiger partial charge is 0.337 e. The summed E-state index contributed by atoms with van der Waals surface area (Å²) in [6.45, 7) is 3.18. The number of carbonyl (C=O) groups excluding carboxylic acids is 2. The number of hydrogen-bond donors (Lipinski definition) is 1. The summed E-state index contributed by atoms with van der Waals surface area (Å²) < 4.78 is 2.88. The summed E-state index contributed by atoms with van der Waals surface area (Å²) in [5.74, 6) is -0.466. The second kappa shape index (κ2) is 8.19. The first-order valence-corrected chi connectivity index (χ1v) is 9.16. The summed E-state index contributed by atoms with van der Waals surface area (Å²) in [6.07, 6.45) is 5.75. The number of rotatable bonds is 6. The van der Waals surface area contributed by atoms with Crippen LogP contribution in [0.4, 0.5) is 11.4 Å². The van der Waals surface area contributed by atoms with Gasteiger partial charge in [-0.05, 0) is 26.2 Å². The highest BCUT2D eigenvalue weighted by Gasteiger charge is 2.25. The SMILES string of the molecule is Cc1c([N+](=O)[O-])cnn1CCC(=O)Nc1cnn(C)c1C(=O)N1CCCCC1. The van der Waals surface area contributed by atoms with Gasteiger partial charge in [-0.1, -0.05) is 0 Å². The zero-order valence-corrected chi connectivity index (χ0v) is 15.9. The third kappa shape index (κ3) is 4.02. The van der Waals surface area contributed by atoms with Crippen molar-refractivity contribution >= 4 is 23.2 Å². The van der Waals surface area contributed by atoms with Gasteiger partial charge >= 0.3 is 5.69 Å². The minimum Gasteiger partial charge on any atom is -0.337 e. The maximum Gasteiger partial charge on any atom is 0.309 e. The van der Waals surface area contributed by atoms with E-state index in [4.69, 9.17) is 0 Å². The maximum absolute atomic E-state index is 12.8. The molecule has 0 aromatic carbocycles. The van der Waals surface area contributed by atoms with Crippen molar-refractivity contribution < 1.29 is 14.5 Å². The van der Waals surface area contributed by atoms with Crippen molar-refractivity contribution in [2.24, 2.45) is 7.05 Å². The number of aromatic nitrogens is 4. The molecule has 11 nitrogen and oxygen atoms in total. The summed E-state index contributed by atoms with van der Waals surface area (Å²) >= 11 is 0. The highest BCUT2D eigenvalue weighted by atomic mass is 16.6. The fourth-order valence-corrected chi connectivity index (χ4v) is 3.29. The van der Waals surface area contributed by atoms with E-state index < -0.39 is 4.92 Å². The van der Waals surface area contributed by atoms with Crippen LogP contribution < -0.4 is 5.32 Å². The molecule has 0 unspecified atom stereocenters. The lowest BCUT2D eigenvalue weighted by Gasteiger charge is -2.27.